The van der Waals surface area contributed by atoms with Gasteiger partial charge in [0.1, 0.15) is 12.1 Å². The van der Waals surface area contributed by atoms with Crippen LogP contribution in [0.2, 0.25) is 0 Å². The smallest absolute Gasteiger partial charge is 0.267 e. The van der Waals surface area contributed by atoms with Gasteiger partial charge in [0.05, 0.1) is 6.54 Å². The van der Waals surface area contributed by atoms with E-state index in [0.717, 1.165) is 16.0 Å². The molecule has 8 nitrogen and oxygen atoms in total. The third-order valence-corrected chi connectivity index (χ3v) is 6.47. The molecule has 0 spiro atoms. The van der Waals surface area contributed by atoms with Crippen LogP contribution in [0.4, 0.5) is 8.78 Å². The van der Waals surface area contributed by atoms with Crippen molar-refractivity contribution < 1.29 is 28.0 Å². The van der Waals surface area contributed by atoms with Crippen LogP contribution in [-0.2, 0) is 32.3 Å². The van der Waals surface area contributed by atoms with Crippen molar-refractivity contribution in [2.75, 3.05) is 6.54 Å². The van der Waals surface area contributed by atoms with E-state index in [2.05, 4.69) is 10.6 Å². The lowest BCUT2D eigenvalue weighted by molar-refractivity contribution is -0.141. The SMILES string of the molecule is CC(C)(C)NC(=O)[C@@H]1CC(F)(F)CN1C(=O)[C@@H]1C[C@@H](CC(=O)N2Cc3ccccc3C2)C(=O)N1. The van der Waals surface area contributed by atoms with E-state index in [1.165, 1.54) is 0 Å². The summed E-state index contributed by atoms with van der Waals surface area (Å²) in [5.74, 6) is -5.94. The number of fused-ring (bicyclic) bond motifs is 1. The van der Waals surface area contributed by atoms with Gasteiger partial charge in [0.2, 0.25) is 23.6 Å². The average Bonchev–Trinajstić information content (AvgIpc) is 3.41. The number of nitrogens with zero attached hydrogens (tertiary/aromatic N) is 2. The van der Waals surface area contributed by atoms with Crippen molar-refractivity contribution >= 4 is 23.6 Å². The second kappa shape index (κ2) is 8.63. The van der Waals surface area contributed by atoms with E-state index >= 15 is 0 Å². The number of benzene rings is 1. The molecule has 0 saturated carbocycles. The largest absolute Gasteiger partial charge is 0.350 e. The molecule has 4 rings (SSSR count). The number of likely N-dealkylation sites (tertiary alicyclic amines) is 1. The van der Waals surface area contributed by atoms with E-state index in [1.54, 1.807) is 25.7 Å². The van der Waals surface area contributed by atoms with Gasteiger partial charge in [0.15, 0.2) is 0 Å². The van der Waals surface area contributed by atoms with Gasteiger partial charge in [-0.2, -0.15) is 0 Å². The Bertz CT molecular complexity index is 997. The molecule has 10 heteroatoms. The van der Waals surface area contributed by atoms with Gasteiger partial charge in [-0.15, -0.1) is 0 Å². The molecule has 0 unspecified atom stereocenters. The number of alkyl halides is 2. The summed E-state index contributed by atoms with van der Waals surface area (Å²) >= 11 is 0. The molecule has 0 aliphatic carbocycles. The van der Waals surface area contributed by atoms with Gasteiger partial charge < -0.3 is 20.4 Å². The van der Waals surface area contributed by atoms with Crippen molar-refractivity contribution in [2.24, 2.45) is 5.92 Å². The topological polar surface area (TPSA) is 98.8 Å². The van der Waals surface area contributed by atoms with Crippen LogP contribution in [0.5, 0.6) is 0 Å². The van der Waals surface area contributed by atoms with E-state index in [1.807, 2.05) is 24.3 Å². The molecule has 1 aromatic carbocycles. The Balaban J connectivity index is 1.39. The van der Waals surface area contributed by atoms with E-state index < -0.39 is 60.2 Å². The number of nitrogens with one attached hydrogen (secondary N) is 2. The van der Waals surface area contributed by atoms with Crippen LogP contribution < -0.4 is 10.6 Å². The zero-order valence-electron chi connectivity index (χ0n) is 19.6. The van der Waals surface area contributed by atoms with Crippen LogP contribution in [0, 0.1) is 5.92 Å². The molecule has 3 heterocycles. The summed E-state index contributed by atoms with van der Waals surface area (Å²) < 4.78 is 28.4. The summed E-state index contributed by atoms with van der Waals surface area (Å²) in [6.45, 7) is 5.24. The zero-order valence-corrected chi connectivity index (χ0v) is 19.6. The minimum absolute atomic E-state index is 0.0277. The molecular formula is C24H30F2N4O4. The average molecular weight is 477 g/mol. The first-order valence-corrected chi connectivity index (χ1v) is 11.5. The highest BCUT2D eigenvalue weighted by Crippen LogP contribution is 2.34. The summed E-state index contributed by atoms with van der Waals surface area (Å²) in [5.41, 5.74) is 1.48. The van der Waals surface area contributed by atoms with Crippen molar-refractivity contribution in [3.63, 3.8) is 0 Å². The lowest BCUT2D eigenvalue weighted by Crippen LogP contribution is -2.54. The van der Waals surface area contributed by atoms with E-state index in [4.69, 9.17) is 0 Å². The number of carbonyl (C=O) groups excluding carboxylic acids is 4. The Morgan fingerprint density at radius 1 is 1.15 bits per heavy atom. The Hall–Kier alpha value is -3.04. The molecule has 1 aromatic rings. The fourth-order valence-electron chi connectivity index (χ4n) is 4.86. The van der Waals surface area contributed by atoms with Crippen LogP contribution in [-0.4, -0.2) is 63.5 Å². The fourth-order valence-corrected chi connectivity index (χ4v) is 4.86. The maximum Gasteiger partial charge on any atom is 0.267 e. The molecule has 2 fully saturated rings. The summed E-state index contributed by atoms with van der Waals surface area (Å²) in [4.78, 5) is 53.6. The van der Waals surface area contributed by atoms with Crippen molar-refractivity contribution in [1.82, 2.24) is 20.4 Å². The first kappa shape index (κ1) is 24.1. The summed E-state index contributed by atoms with van der Waals surface area (Å²) in [5, 5.41) is 5.20. The zero-order chi connectivity index (χ0) is 24.8. The highest BCUT2D eigenvalue weighted by molar-refractivity contribution is 5.96. The molecule has 0 radical (unpaired) electrons. The summed E-state index contributed by atoms with van der Waals surface area (Å²) in [6, 6.07) is 5.37. The molecule has 4 amide bonds. The second-order valence-electron chi connectivity index (χ2n) is 10.5. The highest BCUT2D eigenvalue weighted by atomic mass is 19.3. The maximum atomic E-state index is 14.2. The number of carbonyl (C=O) groups is 4. The van der Waals surface area contributed by atoms with Crippen molar-refractivity contribution in [1.29, 1.82) is 0 Å². The van der Waals surface area contributed by atoms with Gasteiger partial charge in [0.25, 0.3) is 5.92 Å². The monoisotopic (exact) mass is 476 g/mol. The van der Waals surface area contributed by atoms with E-state index in [9.17, 15) is 28.0 Å². The molecule has 0 bridgehead atoms. The van der Waals surface area contributed by atoms with Crippen LogP contribution in [0.15, 0.2) is 24.3 Å². The highest BCUT2D eigenvalue weighted by Gasteiger charge is 2.52. The van der Waals surface area contributed by atoms with Crippen LogP contribution in [0.25, 0.3) is 0 Å². The number of halogens is 2. The number of hydrogen-bond acceptors (Lipinski definition) is 4. The lowest BCUT2D eigenvalue weighted by atomic mass is 9.99. The van der Waals surface area contributed by atoms with Gasteiger partial charge in [-0.1, -0.05) is 24.3 Å². The first-order valence-electron chi connectivity index (χ1n) is 11.5. The molecule has 2 N–H and O–H groups in total. The Labute approximate surface area is 197 Å². The summed E-state index contributed by atoms with van der Waals surface area (Å²) in [6.07, 6.45) is -0.799. The van der Waals surface area contributed by atoms with Crippen molar-refractivity contribution in [2.45, 2.75) is 76.7 Å². The minimum atomic E-state index is -3.20. The molecule has 34 heavy (non-hydrogen) atoms. The van der Waals surface area contributed by atoms with Gasteiger partial charge in [0, 0.05) is 37.4 Å². The van der Waals surface area contributed by atoms with Crippen LogP contribution in [0.3, 0.4) is 0 Å². The van der Waals surface area contributed by atoms with E-state index in [0.29, 0.717) is 13.1 Å². The molecule has 3 aliphatic heterocycles. The summed E-state index contributed by atoms with van der Waals surface area (Å²) in [7, 11) is 0. The van der Waals surface area contributed by atoms with Gasteiger partial charge in [-0.05, 0) is 38.3 Å². The van der Waals surface area contributed by atoms with Crippen molar-refractivity contribution in [3.05, 3.63) is 35.4 Å². The second-order valence-corrected chi connectivity index (χ2v) is 10.5. The Morgan fingerprint density at radius 3 is 2.35 bits per heavy atom. The predicted molar refractivity (Wildman–Crippen MR) is 118 cm³/mol. The van der Waals surface area contributed by atoms with Crippen LogP contribution in [0.1, 0.15) is 51.2 Å². The quantitative estimate of drug-likeness (QED) is 0.689. The number of rotatable bonds is 4. The van der Waals surface area contributed by atoms with Gasteiger partial charge in [-0.3, -0.25) is 19.2 Å². The van der Waals surface area contributed by atoms with Crippen molar-refractivity contribution in [3.8, 4) is 0 Å². The van der Waals surface area contributed by atoms with Crippen LogP contribution >= 0.6 is 0 Å². The molecule has 184 valence electrons. The predicted octanol–water partition coefficient (Wildman–Crippen LogP) is 1.57. The lowest BCUT2D eigenvalue weighted by Gasteiger charge is -2.29. The number of hydrogen-bond donors (Lipinski definition) is 2. The Kier molecular flexibility index (Phi) is 6.12. The first-order chi connectivity index (χ1) is 15.8. The standard InChI is InChI=1S/C24H30F2N4O4/c1-23(2,3)28-21(33)18-10-24(25,26)13-30(18)22(34)17-8-16(20(32)27-17)9-19(31)29-11-14-6-4-5-7-15(14)12-29/h4-7,16-18H,8-13H2,1-3H3,(H,27,32)(H,28,33)/t16-,17-,18-/m0/s1. The van der Waals surface area contributed by atoms with E-state index in [-0.39, 0.29) is 18.7 Å². The molecule has 2 saturated heterocycles. The normalized spacial score (nSPS) is 25.8. The third kappa shape index (κ3) is 5.05. The molecule has 3 aliphatic rings. The minimum Gasteiger partial charge on any atom is -0.350 e. The van der Waals surface area contributed by atoms with Gasteiger partial charge in [-0.25, -0.2) is 8.78 Å². The fraction of sp³-hybridized carbons (Fsp3) is 0.583. The molecule has 0 aromatic heterocycles. The maximum absolute atomic E-state index is 14.2. The Morgan fingerprint density at radius 2 is 1.76 bits per heavy atom. The third-order valence-electron chi connectivity index (χ3n) is 6.47. The molecule has 3 atom stereocenters. The number of amides is 4. The molecular weight excluding hydrogens is 446 g/mol. The van der Waals surface area contributed by atoms with Gasteiger partial charge >= 0.3 is 0 Å².